The molecule has 1 aromatic rings. The Morgan fingerprint density at radius 3 is 2.44 bits per heavy atom. The molecule has 3 nitrogen and oxygen atoms in total. The molecule has 0 aromatic heterocycles. The Kier molecular flexibility index (Phi) is 3.40. The number of hydrogen-bond donors (Lipinski definition) is 1. The molecule has 0 aliphatic rings. The molecular formula is C10H8F3NO2. The third kappa shape index (κ3) is 2.09. The van der Waals surface area contributed by atoms with Crippen molar-refractivity contribution >= 4 is 0 Å². The molecule has 16 heavy (non-hydrogen) atoms. The molecule has 1 rings (SSSR count). The van der Waals surface area contributed by atoms with E-state index in [4.69, 9.17) is 10.4 Å². The SMILES string of the molecule is COc1ccc(CO)c(C(F)(F)F)c1C#N. The molecule has 86 valence electrons. The second kappa shape index (κ2) is 4.41. The van der Waals surface area contributed by atoms with E-state index in [2.05, 4.69) is 4.74 Å². The van der Waals surface area contributed by atoms with Gasteiger partial charge in [0.15, 0.2) is 0 Å². The van der Waals surface area contributed by atoms with Crippen LogP contribution in [0.1, 0.15) is 16.7 Å². The summed E-state index contributed by atoms with van der Waals surface area (Å²) >= 11 is 0. The van der Waals surface area contributed by atoms with Crippen LogP contribution in [0.5, 0.6) is 5.75 Å². The molecule has 0 spiro atoms. The summed E-state index contributed by atoms with van der Waals surface area (Å²) in [5.41, 5.74) is -2.09. The number of methoxy groups -OCH3 is 1. The van der Waals surface area contributed by atoms with Gasteiger partial charge in [-0.1, -0.05) is 6.07 Å². The lowest BCUT2D eigenvalue weighted by atomic mass is 10.0. The van der Waals surface area contributed by atoms with Crippen molar-refractivity contribution in [2.24, 2.45) is 0 Å². The standard InChI is InChI=1S/C10H8F3NO2/c1-16-8-3-2-6(5-15)9(7(8)4-14)10(11,12)13/h2-3,15H,5H2,1H3. The summed E-state index contributed by atoms with van der Waals surface area (Å²) in [6.45, 7) is -0.784. The predicted molar refractivity (Wildman–Crippen MR) is 48.6 cm³/mol. The Bertz CT molecular complexity index is 435. The summed E-state index contributed by atoms with van der Waals surface area (Å²) in [5, 5.41) is 17.5. The zero-order valence-electron chi connectivity index (χ0n) is 8.30. The third-order valence-electron chi connectivity index (χ3n) is 2.04. The van der Waals surface area contributed by atoms with Crippen LogP contribution in [0.4, 0.5) is 13.2 Å². The molecule has 1 aromatic carbocycles. The Labute approximate surface area is 89.7 Å². The van der Waals surface area contributed by atoms with E-state index in [0.717, 1.165) is 6.07 Å². The van der Waals surface area contributed by atoms with E-state index in [9.17, 15) is 13.2 Å². The average Bonchev–Trinajstić information content (AvgIpc) is 2.25. The number of benzene rings is 1. The highest BCUT2D eigenvalue weighted by Crippen LogP contribution is 2.38. The highest BCUT2D eigenvalue weighted by molar-refractivity contribution is 5.53. The molecule has 0 fully saturated rings. The van der Waals surface area contributed by atoms with Crippen LogP contribution >= 0.6 is 0 Å². The first-order chi connectivity index (χ1) is 7.45. The number of aliphatic hydroxyl groups is 1. The molecule has 1 N–H and O–H groups in total. The van der Waals surface area contributed by atoms with Gasteiger partial charge in [-0.3, -0.25) is 0 Å². The predicted octanol–water partition coefficient (Wildman–Crippen LogP) is 2.08. The second-order valence-electron chi connectivity index (χ2n) is 2.94. The fourth-order valence-electron chi connectivity index (χ4n) is 1.36. The van der Waals surface area contributed by atoms with Crippen LogP contribution in [0.25, 0.3) is 0 Å². The lowest BCUT2D eigenvalue weighted by Crippen LogP contribution is -2.13. The molecule has 0 unspecified atom stereocenters. The third-order valence-corrected chi connectivity index (χ3v) is 2.04. The fourth-order valence-corrected chi connectivity index (χ4v) is 1.36. The number of hydrogen-bond acceptors (Lipinski definition) is 3. The van der Waals surface area contributed by atoms with Crippen LogP contribution < -0.4 is 4.74 Å². The van der Waals surface area contributed by atoms with Gasteiger partial charge < -0.3 is 9.84 Å². The minimum Gasteiger partial charge on any atom is -0.495 e. The van der Waals surface area contributed by atoms with Crippen molar-refractivity contribution in [3.8, 4) is 11.8 Å². The van der Waals surface area contributed by atoms with Gasteiger partial charge in [-0.05, 0) is 11.6 Å². The first-order valence-electron chi connectivity index (χ1n) is 4.23. The van der Waals surface area contributed by atoms with Crippen molar-refractivity contribution in [1.29, 1.82) is 5.26 Å². The van der Waals surface area contributed by atoms with Crippen LogP contribution in [0.3, 0.4) is 0 Å². The van der Waals surface area contributed by atoms with E-state index in [1.54, 1.807) is 0 Å². The van der Waals surface area contributed by atoms with E-state index in [0.29, 0.717) is 0 Å². The molecule has 0 bridgehead atoms. The van der Waals surface area contributed by atoms with Crippen molar-refractivity contribution in [2.45, 2.75) is 12.8 Å². The minimum atomic E-state index is -4.70. The monoisotopic (exact) mass is 231 g/mol. The van der Waals surface area contributed by atoms with E-state index in [1.807, 2.05) is 0 Å². The Hall–Kier alpha value is -1.74. The molecule has 0 radical (unpaired) electrons. The zero-order chi connectivity index (χ0) is 12.3. The summed E-state index contributed by atoms with van der Waals surface area (Å²) < 4.78 is 42.7. The second-order valence-corrected chi connectivity index (χ2v) is 2.94. The summed E-state index contributed by atoms with van der Waals surface area (Å²) in [6.07, 6.45) is -4.70. The number of ether oxygens (including phenoxy) is 1. The van der Waals surface area contributed by atoms with Gasteiger partial charge in [0, 0.05) is 0 Å². The van der Waals surface area contributed by atoms with E-state index < -0.39 is 23.9 Å². The molecule has 0 aliphatic carbocycles. The van der Waals surface area contributed by atoms with Gasteiger partial charge in [-0.15, -0.1) is 0 Å². The smallest absolute Gasteiger partial charge is 0.418 e. The van der Waals surface area contributed by atoms with E-state index in [-0.39, 0.29) is 11.3 Å². The summed E-state index contributed by atoms with van der Waals surface area (Å²) in [6, 6.07) is 3.75. The maximum Gasteiger partial charge on any atom is 0.418 e. The number of nitrogens with zero attached hydrogens (tertiary/aromatic N) is 1. The van der Waals surface area contributed by atoms with Gasteiger partial charge in [-0.25, -0.2) is 0 Å². The fraction of sp³-hybridized carbons (Fsp3) is 0.300. The van der Waals surface area contributed by atoms with Crippen LogP contribution in [-0.4, -0.2) is 12.2 Å². The minimum absolute atomic E-state index is 0.160. The van der Waals surface area contributed by atoms with Crippen molar-refractivity contribution in [3.05, 3.63) is 28.8 Å². The van der Waals surface area contributed by atoms with Gasteiger partial charge in [0.1, 0.15) is 17.4 Å². The van der Waals surface area contributed by atoms with Crippen molar-refractivity contribution in [3.63, 3.8) is 0 Å². The number of rotatable bonds is 2. The van der Waals surface area contributed by atoms with Gasteiger partial charge in [0.05, 0.1) is 19.3 Å². The topological polar surface area (TPSA) is 53.2 Å². The average molecular weight is 231 g/mol. The Morgan fingerprint density at radius 1 is 1.44 bits per heavy atom. The zero-order valence-corrected chi connectivity index (χ0v) is 8.30. The molecule has 6 heteroatoms. The van der Waals surface area contributed by atoms with Crippen LogP contribution in [0, 0.1) is 11.3 Å². The molecular weight excluding hydrogens is 223 g/mol. The number of alkyl halides is 3. The highest BCUT2D eigenvalue weighted by atomic mass is 19.4. The normalized spacial score (nSPS) is 11.0. The van der Waals surface area contributed by atoms with Crippen LogP contribution in [-0.2, 0) is 12.8 Å². The van der Waals surface area contributed by atoms with Gasteiger partial charge in [0.25, 0.3) is 0 Å². The van der Waals surface area contributed by atoms with Gasteiger partial charge in [-0.2, -0.15) is 18.4 Å². The summed E-state index contributed by atoms with van der Waals surface area (Å²) in [5.74, 6) is -0.160. The van der Waals surface area contributed by atoms with Crippen LogP contribution in [0.15, 0.2) is 12.1 Å². The number of nitriles is 1. The first-order valence-corrected chi connectivity index (χ1v) is 4.23. The molecule has 0 saturated heterocycles. The summed E-state index contributed by atoms with van der Waals surface area (Å²) in [7, 11) is 1.18. The first kappa shape index (κ1) is 12.3. The molecule has 0 heterocycles. The lowest BCUT2D eigenvalue weighted by Gasteiger charge is -2.15. The number of aliphatic hydroxyl groups excluding tert-OH is 1. The quantitative estimate of drug-likeness (QED) is 0.847. The van der Waals surface area contributed by atoms with Crippen molar-refractivity contribution in [2.75, 3.05) is 7.11 Å². The summed E-state index contributed by atoms with van der Waals surface area (Å²) in [4.78, 5) is 0. The van der Waals surface area contributed by atoms with Crippen molar-refractivity contribution < 1.29 is 23.0 Å². The lowest BCUT2D eigenvalue weighted by molar-refractivity contribution is -0.139. The maximum absolute atomic E-state index is 12.7. The number of halogens is 3. The Balaban J connectivity index is 3.58. The molecule has 0 aliphatic heterocycles. The van der Waals surface area contributed by atoms with Crippen LogP contribution in [0.2, 0.25) is 0 Å². The molecule has 0 amide bonds. The molecule has 0 atom stereocenters. The van der Waals surface area contributed by atoms with Crippen molar-refractivity contribution in [1.82, 2.24) is 0 Å². The van der Waals surface area contributed by atoms with E-state index >= 15 is 0 Å². The maximum atomic E-state index is 12.7. The highest BCUT2D eigenvalue weighted by Gasteiger charge is 2.37. The Morgan fingerprint density at radius 2 is 2.06 bits per heavy atom. The van der Waals surface area contributed by atoms with E-state index in [1.165, 1.54) is 19.2 Å². The van der Waals surface area contributed by atoms with Gasteiger partial charge >= 0.3 is 6.18 Å². The molecule has 0 saturated carbocycles. The van der Waals surface area contributed by atoms with Gasteiger partial charge in [0.2, 0.25) is 0 Å². The largest absolute Gasteiger partial charge is 0.495 e.